The maximum Gasteiger partial charge on any atom is 0.414 e. The summed E-state index contributed by atoms with van der Waals surface area (Å²) in [6.07, 6.45) is 3.14. The number of ether oxygens (including phenoxy) is 2. The van der Waals surface area contributed by atoms with Gasteiger partial charge >= 0.3 is 12.2 Å². The monoisotopic (exact) mass is 373 g/mol. The van der Waals surface area contributed by atoms with Crippen LogP contribution in [0.15, 0.2) is 4.99 Å². The van der Waals surface area contributed by atoms with E-state index in [0.29, 0.717) is 6.54 Å². The summed E-state index contributed by atoms with van der Waals surface area (Å²) < 4.78 is 10.4. The van der Waals surface area contributed by atoms with Crippen LogP contribution in [0.1, 0.15) is 73.6 Å². The molecule has 152 valence electrons. The molecule has 26 heavy (non-hydrogen) atoms. The Morgan fingerprint density at radius 1 is 0.808 bits per heavy atom. The second kappa shape index (κ2) is 11.7. The molecule has 3 N–H and O–H groups in total. The molecular formula is C18H35N3O5. The van der Waals surface area contributed by atoms with E-state index in [-0.39, 0.29) is 12.6 Å². The van der Waals surface area contributed by atoms with E-state index in [1.807, 2.05) is 0 Å². The Balaban J connectivity index is 4.64. The van der Waals surface area contributed by atoms with Gasteiger partial charge in [0, 0.05) is 13.2 Å². The van der Waals surface area contributed by atoms with Crippen LogP contribution in [-0.2, 0) is 9.47 Å². The van der Waals surface area contributed by atoms with E-state index in [1.54, 1.807) is 41.5 Å². The highest BCUT2D eigenvalue weighted by Crippen LogP contribution is 2.08. The van der Waals surface area contributed by atoms with Crippen molar-refractivity contribution in [2.75, 3.05) is 13.2 Å². The van der Waals surface area contributed by atoms with Gasteiger partial charge in [-0.2, -0.15) is 0 Å². The fourth-order valence-corrected chi connectivity index (χ4v) is 1.86. The molecular weight excluding hydrogens is 338 g/mol. The van der Waals surface area contributed by atoms with Gasteiger partial charge in [-0.05, 0) is 54.4 Å². The van der Waals surface area contributed by atoms with Crippen molar-refractivity contribution in [1.29, 1.82) is 0 Å². The Morgan fingerprint density at radius 3 is 1.65 bits per heavy atom. The molecule has 0 bridgehead atoms. The predicted molar refractivity (Wildman–Crippen MR) is 101 cm³/mol. The number of hydrogen-bond donors (Lipinski definition) is 3. The first-order valence-electron chi connectivity index (χ1n) is 9.08. The minimum absolute atomic E-state index is 0.00357. The van der Waals surface area contributed by atoms with Crippen LogP contribution >= 0.6 is 0 Å². The molecule has 8 nitrogen and oxygen atoms in total. The molecule has 0 unspecified atom stereocenters. The molecule has 0 aromatic heterocycles. The van der Waals surface area contributed by atoms with E-state index in [4.69, 9.17) is 14.6 Å². The van der Waals surface area contributed by atoms with Crippen molar-refractivity contribution < 1.29 is 24.2 Å². The fourth-order valence-electron chi connectivity index (χ4n) is 1.86. The Morgan fingerprint density at radius 2 is 1.23 bits per heavy atom. The van der Waals surface area contributed by atoms with Gasteiger partial charge in [-0.15, -0.1) is 0 Å². The third-order valence-electron chi connectivity index (χ3n) is 2.82. The van der Waals surface area contributed by atoms with Crippen molar-refractivity contribution in [3.63, 3.8) is 0 Å². The molecule has 0 atom stereocenters. The fraction of sp³-hybridized carbons (Fsp3) is 0.833. The number of carbonyl (C=O) groups excluding carboxylic acids is 2. The summed E-state index contributed by atoms with van der Waals surface area (Å²) in [6, 6.07) is 0. The van der Waals surface area contributed by atoms with Crippen LogP contribution in [0.3, 0.4) is 0 Å². The third kappa shape index (κ3) is 15.7. The quantitative estimate of drug-likeness (QED) is 0.360. The summed E-state index contributed by atoms with van der Waals surface area (Å²) in [7, 11) is 0. The van der Waals surface area contributed by atoms with Crippen LogP contribution in [0.5, 0.6) is 0 Å². The van der Waals surface area contributed by atoms with E-state index in [2.05, 4.69) is 15.6 Å². The molecule has 0 saturated carbocycles. The Kier molecular flexibility index (Phi) is 10.9. The maximum atomic E-state index is 11.9. The third-order valence-corrected chi connectivity index (χ3v) is 2.82. The number of guanidine groups is 1. The second-order valence-corrected chi connectivity index (χ2v) is 7.98. The normalized spacial score (nSPS) is 11.5. The van der Waals surface area contributed by atoms with Crippen LogP contribution < -0.4 is 10.6 Å². The maximum absolute atomic E-state index is 11.9. The van der Waals surface area contributed by atoms with Crippen molar-refractivity contribution in [1.82, 2.24) is 10.6 Å². The number of aliphatic hydroxyl groups is 1. The predicted octanol–water partition coefficient (Wildman–Crippen LogP) is 3.33. The molecule has 0 aromatic rings. The largest absolute Gasteiger partial charge is 0.444 e. The van der Waals surface area contributed by atoms with Crippen LogP contribution in [-0.4, -0.2) is 47.6 Å². The SMILES string of the molecule is CC(C)(C)OC(=O)NC(=NCCCCCCCO)NC(=O)OC(C)(C)C. The molecule has 0 aromatic carbocycles. The minimum Gasteiger partial charge on any atom is -0.444 e. The zero-order valence-electron chi connectivity index (χ0n) is 17.0. The highest BCUT2D eigenvalue weighted by Gasteiger charge is 2.21. The number of aliphatic imine (C=N–C) groups is 1. The lowest BCUT2D eigenvalue weighted by Crippen LogP contribution is -2.47. The summed E-state index contributed by atoms with van der Waals surface area (Å²) >= 11 is 0. The Hall–Kier alpha value is -1.83. The number of hydrogen-bond acceptors (Lipinski definition) is 6. The molecule has 8 heteroatoms. The van der Waals surface area contributed by atoms with Crippen molar-refractivity contribution >= 4 is 18.1 Å². The number of alkyl carbamates (subject to hydrolysis) is 2. The van der Waals surface area contributed by atoms with Gasteiger partial charge in [0.05, 0.1) is 0 Å². The average molecular weight is 373 g/mol. The van der Waals surface area contributed by atoms with E-state index in [9.17, 15) is 9.59 Å². The lowest BCUT2D eigenvalue weighted by atomic mass is 10.1. The molecule has 0 saturated heterocycles. The number of nitrogens with zero attached hydrogens (tertiary/aromatic N) is 1. The lowest BCUT2D eigenvalue weighted by Gasteiger charge is -2.22. The Bertz CT molecular complexity index is 432. The molecule has 0 radical (unpaired) electrons. The minimum atomic E-state index is -0.699. The van der Waals surface area contributed by atoms with E-state index < -0.39 is 23.4 Å². The van der Waals surface area contributed by atoms with Gasteiger partial charge in [-0.25, -0.2) is 9.59 Å². The second-order valence-electron chi connectivity index (χ2n) is 7.98. The topological polar surface area (TPSA) is 109 Å². The van der Waals surface area contributed by atoms with Crippen LogP contribution in [0.4, 0.5) is 9.59 Å². The first-order valence-corrected chi connectivity index (χ1v) is 9.08. The molecule has 0 heterocycles. The first-order chi connectivity index (χ1) is 11.9. The Labute approximate surface area is 156 Å². The number of carbonyl (C=O) groups is 2. The van der Waals surface area contributed by atoms with Gasteiger partial charge in [-0.1, -0.05) is 19.3 Å². The van der Waals surface area contributed by atoms with E-state index >= 15 is 0 Å². The zero-order valence-corrected chi connectivity index (χ0v) is 17.0. The number of amides is 2. The molecule has 0 fully saturated rings. The average Bonchev–Trinajstić information content (AvgIpc) is 2.41. The first kappa shape index (κ1) is 24.2. The van der Waals surface area contributed by atoms with Crippen molar-refractivity contribution in [2.45, 2.75) is 84.8 Å². The standard InChI is InChI=1S/C18H35N3O5/c1-17(2,3)25-15(23)20-14(21-16(24)26-18(4,5)6)19-12-10-8-7-9-11-13-22/h22H,7-13H2,1-6H3,(H2,19,20,21,23,24). The zero-order chi connectivity index (χ0) is 20.2. The number of unbranched alkanes of at least 4 members (excludes halogenated alkanes) is 4. The molecule has 2 amide bonds. The van der Waals surface area contributed by atoms with Crippen LogP contribution in [0.25, 0.3) is 0 Å². The summed E-state index contributed by atoms with van der Waals surface area (Å²) in [6.45, 7) is 11.1. The van der Waals surface area contributed by atoms with Crippen LogP contribution in [0, 0.1) is 0 Å². The lowest BCUT2D eigenvalue weighted by molar-refractivity contribution is 0.0545. The van der Waals surface area contributed by atoms with E-state index in [0.717, 1.165) is 32.1 Å². The van der Waals surface area contributed by atoms with Crippen molar-refractivity contribution in [3.8, 4) is 0 Å². The van der Waals surface area contributed by atoms with Gasteiger partial charge in [0.2, 0.25) is 5.96 Å². The van der Waals surface area contributed by atoms with Crippen LogP contribution in [0.2, 0.25) is 0 Å². The molecule has 0 aliphatic rings. The number of nitrogens with one attached hydrogen (secondary N) is 2. The summed E-state index contributed by atoms with van der Waals surface area (Å²) in [5, 5.41) is 13.6. The molecule has 0 rings (SSSR count). The molecule has 0 aliphatic heterocycles. The number of rotatable bonds is 7. The van der Waals surface area contributed by atoms with Gasteiger partial charge in [0.25, 0.3) is 0 Å². The van der Waals surface area contributed by atoms with Crippen molar-refractivity contribution in [3.05, 3.63) is 0 Å². The van der Waals surface area contributed by atoms with Gasteiger partial charge in [-0.3, -0.25) is 15.6 Å². The number of aliphatic hydroxyl groups excluding tert-OH is 1. The highest BCUT2D eigenvalue weighted by molar-refractivity contribution is 6.01. The van der Waals surface area contributed by atoms with Gasteiger partial charge < -0.3 is 14.6 Å². The molecule has 0 spiro atoms. The van der Waals surface area contributed by atoms with E-state index in [1.165, 1.54) is 0 Å². The molecule has 0 aliphatic carbocycles. The summed E-state index contributed by atoms with van der Waals surface area (Å²) in [5.41, 5.74) is -1.32. The van der Waals surface area contributed by atoms with Crippen molar-refractivity contribution in [2.24, 2.45) is 4.99 Å². The van der Waals surface area contributed by atoms with Gasteiger partial charge in [0.15, 0.2) is 0 Å². The smallest absolute Gasteiger partial charge is 0.414 e. The van der Waals surface area contributed by atoms with Gasteiger partial charge in [0.1, 0.15) is 11.2 Å². The summed E-state index contributed by atoms with van der Waals surface area (Å²) in [5.74, 6) is 0.00357. The summed E-state index contributed by atoms with van der Waals surface area (Å²) in [4.78, 5) is 28.1. The highest BCUT2D eigenvalue weighted by atomic mass is 16.6.